The number of rotatable bonds is 4. The van der Waals surface area contributed by atoms with Gasteiger partial charge in [-0.25, -0.2) is 9.78 Å². The van der Waals surface area contributed by atoms with Gasteiger partial charge in [-0.05, 0) is 44.0 Å². The molecular weight excluding hydrogens is 296 g/mol. The van der Waals surface area contributed by atoms with Crippen molar-refractivity contribution in [3.05, 3.63) is 51.5 Å². The predicted octanol–water partition coefficient (Wildman–Crippen LogP) is 3.88. The number of likely N-dealkylation sites (tertiary alicyclic amines) is 1. The molecule has 0 aliphatic carbocycles. The van der Waals surface area contributed by atoms with Crippen LogP contribution in [0.2, 0.25) is 0 Å². The second kappa shape index (κ2) is 6.58. The topological polar surface area (TPSA) is 53.4 Å². The summed E-state index contributed by atoms with van der Waals surface area (Å²) in [6.07, 6.45) is 3.62. The standard InChI is InChI=1S/C17H20N2O2S/c1-12-11-22-16(18-12)15-4-2-3-9-19(15)10-13-5-7-14(8-6-13)17(20)21/h5-8,11,15H,2-4,9-10H2,1H3,(H,20,21). The summed E-state index contributed by atoms with van der Waals surface area (Å²) in [6.45, 7) is 3.96. The van der Waals surface area contributed by atoms with Crippen LogP contribution in [0.3, 0.4) is 0 Å². The summed E-state index contributed by atoms with van der Waals surface area (Å²) in [5, 5.41) is 12.3. The molecule has 1 unspecified atom stereocenters. The highest BCUT2D eigenvalue weighted by Crippen LogP contribution is 2.33. The zero-order valence-electron chi connectivity index (χ0n) is 12.7. The van der Waals surface area contributed by atoms with Gasteiger partial charge in [0.05, 0.1) is 11.6 Å². The molecule has 1 N–H and O–H groups in total. The number of carbonyl (C=O) groups is 1. The smallest absolute Gasteiger partial charge is 0.335 e. The monoisotopic (exact) mass is 316 g/mol. The fraction of sp³-hybridized carbons (Fsp3) is 0.412. The number of piperidine rings is 1. The number of aromatic carboxylic acids is 1. The molecule has 1 fully saturated rings. The van der Waals surface area contributed by atoms with E-state index in [1.165, 1.54) is 17.8 Å². The molecule has 0 radical (unpaired) electrons. The Bertz CT molecular complexity index is 651. The third kappa shape index (κ3) is 3.36. The molecule has 1 atom stereocenters. The number of benzene rings is 1. The van der Waals surface area contributed by atoms with Crippen molar-refractivity contribution in [1.29, 1.82) is 0 Å². The van der Waals surface area contributed by atoms with Gasteiger partial charge in [0, 0.05) is 17.6 Å². The maximum Gasteiger partial charge on any atom is 0.335 e. The SMILES string of the molecule is Cc1csc(C2CCCCN2Cc2ccc(C(=O)O)cc2)n1. The Morgan fingerprint density at radius 1 is 1.36 bits per heavy atom. The van der Waals surface area contributed by atoms with Crippen LogP contribution in [0.25, 0.3) is 0 Å². The molecule has 1 aromatic carbocycles. The lowest BCUT2D eigenvalue weighted by Crippen LogP contribution is -2.32. The molecule has 2 heterocycles. The summed E-state index contributed by atoms with van der Waals surface area (Å²) in [5.41, 5.74) is 2.59. The van der Waals surface area contributed by atoms with Gasteiger partial charge in [0.2, 0.25) is 0 Å². The van der Waals surface area contributed by atoms with E-state index in [0.717, 1.165) is 30.8 Å². The molecule has 0 spiro atoms. The molecule has 22 heavy (non-hydrogen) atoms. The zero-order chi connectivity index (χ0) is 15.5. The quantitative estimate of drug-likeness (QED) is 0.930. The van der Waals surface area contributed by atoms with Gasteiger partial charge in [-0.3, -0.25) is 4.90 Å². The number of hydrogen-bond acceptors (Lipinski definition) is 4. The maximum absolute atomic E-state index is 10.9. The molecule has 3 rings (SSSR count). The first-order chi connectivity index (χ1) is 10.6. The van der Waals surface area contributed by atoms with E-state index in [9.17, 15) is 4.79 Å². The predicted molar refractivity (Wildman–Crippen MR) is 87.3 cm³/mol. The second-order valence-electron chi connectivity index (χ2n) is 5.81. The first-order valence-electron chi connectivity index (χ1n) is 7.62. The fourth-order valence-electron chi connectivity index (χ4n) is 2.97. The number of carboxylic acid groups (broad SMARTS) is 1. The van der Waals surface area contributed by atoms with Crippen molar-refractivity contribution in [2.75, 3.05) is 6.54 Å². The van der Waals surface area contributed by atoms with Gasteiger partial charge in [0.1, 0.15) is 5.01 Å². The van der Waals surface area contributed by atoms with Crippen LogP contribution in [-0.2, 0) is 6.54 Å². The molecule has 0 amide bonds. The van der Waals surface area contributed by atoms with Gasteiger partial charge in [0.15, 0.2) is 0 Å². The van der Waals surface area contributed by atoms with Crippen LogP contribution < -0.4 is 0 Å². The van der Waals surface area contributed by atoms with E-state index in [0.29, 0.717) is 11.6 Å². The molecule has 4 nitrogen and oxygen atoms in total. The number of hydrogen-bond donors (Lipinski definition) is 1. The van der Waals surface area contributed by atoms with Crippen molar-refractivity contribution < 1.29 is 9.90 Å². The van der Waals surface area contributed by atoms with E-state index in [1.54, 1.807) is 23.5 Å². The lowest BCUT2D eigenvalue weighted by atomic mass is 10.0. The van der Waals surface area contributed by atoms with Crippen molar-refractivity contribution in [2.24, 2.45) is 0 Å². The first kappa shape index (κ1) is 15.2. The summed E-state index contributed by atoms with van der Waals surface area (Å²) < 4.78 is 0. The molecule has 1 aromatic heterocycles. The van der Waals surface area contributed by atoms with E-state index in [-0.39, 0.29) is 0 Å². The highest BCUT2D eigenvalue weighted by Gasteiger charge is 2.26. The van der Waals surface area contributed by atoms with Crippen molar-refractivity contribution in [2.45, 2.75) is 38.8 Å². The molecule has 1 aliphatic rings. The summed E-state index contributed by atoms with van der Waals surface area (Å²) in [4.78, 5) is 18.1. The molecule has 1 aliphatic heterocycles. The average molecular weight is 316 g/mol. The molecular formula is C17H20N2O2S. The Kier molecular flexibility index (Phi) is 4.55. The average Bonchev–Trinajstić information content (AvgIpc) is 2.95. The molecule has 1 saturated heterocycles. The van der Waals surface area contributed by atoms with Gasteiger partial charge in [-0.15, -0.1) is 11.3 Å². The van der Waals surface area contributed by atoms with E-state index < -0.39 is 5.97 Å². The van der Waals surface area contributed by atoms with E-state index in [2.05, 4.69) is 15.3 Å². The minimum absolute atomic E-state index is 0.342. The molecule has 0 saturated carbocycles. The summed E-state index contributed by atoms with van der Waals surface area (Å²) >= 11 is 1.75. The summed E-state index contributed by atoms with van der Waals surface area (Å²) in [6, 6.07) is 7.60. The highest BCUT2D eigenvalue weighted by atomic mass is 32.1. The van der Waals surface area contributed by atoms with Crippen molar-refractivity contribution in [3.63, 3.8) is 0 Å². The number of aromatic nitrogens is 1. The van der Waals surface area contributed by atoms with E-state index >= 15 is 0 Å². The summed E-state index contributed by atoms with van der Waals surface area (Å²) in [5.74, 6) is -0.874. The van der Waals surface area contributed by atoms with Crippen LogP contribution in [0, 0.1) is 6.92 Å². The highest BCUT2D eigenvalue weighted by molar-refractivity contribution is 7.09. The third-order valence-corrected chi connectivity index (χ3v) is 5.19. The minimum atomic E-state index is -0.874. The normalized spacial score (nSPS) is 19.2. The Morgan fingerprint density at radius 2 is 2.14 bits per heavy atom. The Labute approximate surface area is 134 Å². The van der Waals surface area contributed by atoms with Crippen molar-refractivity contribution in [1.82, 2.24) is 9.88 Å². The number of aryl methyl sites for hydroxylation is 1. The number of thiazole rings is 1. The Balaban J connectivity index is 1.75. The van der Waals surface area contributed by atoms with Crippen LogP contribution in [0.15, 0.2) is 29.6 Å². The Morgan fingerprint density at radius 3 is 2.77 bits per heavy atom. The molecule has 116 valence electrons. The molecule has 2 aromatic rings. The maximum atomic E-state index is 10.9. The number of nitrogens with zero attached hydrogens (tertiary/aromatic N) is 2. The third-order valence-electron chi connectivity index (χ3n) is 4.12. The molecule has 5 heteroatoms. The first-order valence-corrected chi connectivity index (χ1v) is 8.50. The van der Waals surface area contributed by atoms with Crippen molar-refractivity contribution in [3.8, 4) is 0 Å². The van der Waals surface area contributed by atoms with Gasteiger partial charge < -0.3 is 5.11 Å². The zero-order valence-corrected chi connectivity index (χ0v) is 13.5. The van der Waals surface area contributed by atoms with Gasteiger partial charge in [-0.2, -0.15) is 0 Å². The fourth-order valence-corrected chi connectivity index (χ4v) is 3.94. The van der Waals surface area contributed by atoms with Gasteiger partial charge in [-0.1, -0.05) is 18.6 Å². The second-order valence-corrected chi connectivity index (χ2v) is 6.70. The van der Waals surface area contributed by atoms with Crippen molar-refractivity contribution >= 4 is 17.3 Å². The Hall–Kier alpha value is -1.72. The largest absolute Gasteiger partial charge is 0.478 e. The minimum Gasteiger partial charge on any atom is -0.478 e. The van der Waals surface area contributed by atoms with Crippen LogP contribution in [0.5, 0.6) is 0 Å². The van der Waals surface area contributed by atoms with Gasteiger partial charge in [0.25, 0.3) is 0 Å². The summed E-state index contributed by atoms with van der Waals surface area (Å²) in [7, 11) is 0. The lowest BCUT2D eigenvalue weighted by Gasteiger charge is -2.34. The van der Waals surface area contributed by atoms with Crippen LogP contribution in [-0.4, -0.2) is 27.5 Å². The van der Waals surface area contributed by atoms with E-state index in [1.807, 2.05) is 19.1 Å². The van der Waals surface area contributed by atoms with Crippen LogP contribution in [0.1, 0.15) is 51.9 Å². The lowest BCUT2D eigenvalue weighted by molar-refractivity contribution is 0.0697. The van der Waals surface area contributed by atoms with Gasteiger partial charge >= 0.3 is 5.97 Å². The van der Waals surface area contributed by atoms with Crippen LogP contribution in [0.4, 0.5) is 0 Å². The van der Waals surface area contributed by atoms with Crippen LogP contribution >= 0.6 is 11.3 Å². The number of carboxylic acids is 1. The van der Waals surface area contributed by atoms with E-state index in [4.69, 9.17) is 5.11 Å². The molecule has 0 bridgehead atoms.